The van der Waals surface area contributed by atoms with E-state index in [2.05, 4.69) is 35.2 Å². The van der Waals surface area contributed by atoms with E-state index < -0.39 is 0 Å². The van der Waals surface area contributed by atoms with Gasteiger partial charge in [0.15, 0.2) is 0 Å². The molecule has 0 saturated carbocycles. The summed E-state index contributed by atoms with van der Waals surface area (Å²) in [5.74, 6) is 1.31. The number of hydrogen-bond acceptors (Lipinski definition) is 3. The zero-order chi connectivity index (χ0) is 23.1. The highest BCUT2D eigenvalue weighted by Crippen LogP contribution is 2.26. The number of phenolic OH excluding ortho intramolecular Hbond substituents is 1. The van der Waals surface area contributed by atoms with Gasteiger partial charge < -0.3 is 9.67 Å². The minimum absolute atomic E-state index is 0.171. The summed E-state index contributed by atoms with van der Waals surface area (Å²) in [5, 5.41) is 10.3. The highest BCUT2D eigenvalue weighted by atomic mass is 35.5. The lowest BCUT2D eigenvalue weighted by molar-refractivity contribution is 0.235. The molecule has 6 heteroatoms. The Bertz CT molecular complexity index is 1020. The largest absolute Gasteiger partial charge is 0.508 e. The molecule has 0 saturated heterocycles. The standard InChI is InChI=1S/C26H33ClFN3O/c1-4-5-12-31-23(16-29-26(31)20-7-6-8-22(28)14-20)18-30(13-11-19(2)3)17-21-9-10-24(32)15-25(21)27/h6-10,14-16,19,32H,4-5,11-13,17-18H2,1-3H3. The van der Waals surface area contributed by atoms with Gasteiger partial charge in [-0.25, -0.2) is 9.37 Å². The summed E-state index contributed by atoms with van der Waals surface area (Å²) in [4.78, 5) is 7.04. The Labute approximate surface area is 195 Å². The van der Waals surface area contributed by atoms with Crippen LogP contribution in [0.1, 0.15) is 51.3 Å². The number of hydrogen-bond donors (Lipinski definition) is 1. The molecule has 0 amide bonds. The van der Waals surface area contributed by atoms with Crippen molar-refractivity contribution in [3.8, 4) is 17.1 Å². The van der Waals surface area contributed by atoms with Crippen LogP contribution in [0.3, 0.4) is 0 Å². The van der Waals surface area contributed by atoms with Gasteiger partial charge >= 0.3 is 0 Å². The molecule has 0 aliphatic rings. The first-order valence-electron chi connectivity index (χ1n) is 11.4. The molecule has 172 valence electrons. The maximum Gasteiger partial charge on any atom is 0.140 e. The Morgan fingerprint density at radius 1 is 1.16 bits per heavy atom. The Balaban J connectivity index is 1.89. The highest BCUT2D eigenvalue weighted by molar-refractivity contribution is 6.31. The molecule has 4 nitrogen and oxygen atoms in total. The van der Waals surface area contributed by atoms with Crippen molar-refractivity contribution in [2.75, 3.05) is 6.54 Å². The molecule has 3 rings (SSSR count). The zero-order valence-corrected chi connectivity index (χ0v) is 19.9. The number of imidazole rings is 1. The number of benzene rings is 2. The van der Waals surface area contributed by atoms with Crippen LogP contribution in [0.25, 0.3) is 11.4 Å². The van der Waals surface area contributed by atoms with Gasteiger partial charge in [-0.05, 0) is 55.1 Å². The monoisotopic (exact) mass is 457 g/mol. The lowest BCUT2D eigenvalue weighted by Gasteiger charge is -2.25. The maximum absolute atomic E-state index is 13.9. The minimum Gasteiger partial charge on any atom is -0.508 e. The van der Waals surface area contributed by atoms with E-state index in [9.17, 15) is 9.50 Å². The average molecular weight is 458 g/mol. The zero-order valence-electron chi connectivity index (χ0n) is 19.2. The van der Waals surface area contributed by atoms with Crippen molar-refractivity contribution in [2.24, 2.45) is 5.92 Å². The van der Waals surface area contributed by atoms with Crippen LogP contribution in [0.15, 0.2) is 48.7 Å². The smallest absolute Gasteiger partial charge is 0.140 e. The molecule has 0 bridgehead atoms. The van der Waals surface area contributed by atoms with Gasteiger partial charge in [0.2, 0.25) is 0 Å². The maximum atomic E-state index is 13.9. The molecule has 0 unspecified atom stereocenters. The first-order chi connectivity index (χ1) is 15.4. The van der Waals surface area contributed by atoms with E-state index in [1.54, 1.807) is 24.3 Å². The van der Waals surface area contributed by atoms with E-state index in [0.29, 0.717) is 17.5 Å². The Hall–Kier alpha value is -2.37. The summed E-state index contributed by atoms with van der Waals surface area (Å²) in [5.41, 5.74) is 2.89. The molecular formula is C26H33ClFN3O. The van der Waals surface area contributed by atoms with Crippen LogP contribution < -0.4 is 0 Å². The molecule has 1 heterocycles. The number of phenols is 1. The number of unbranched alkanes of at least 4 members (excludes halogenated alkanes) is 1. The van der Waals surface area contributed by atoms with Crippen LogP contribution >= 0.6 is 11.6 Å². The van der Waals surface area contributed by atoms with Crippen LogP contribution in [0.2, 0.25) is 5.02 Å². The molecule has 0 radical (unpaired) electrons. The van der Waals surface area contributed by atoms with Crippen molar-refractivity contribution >= 4 is 11.6 Å². The Morgan fingerprint density at radius 3 is 2.66 bits per heavy atom. The number of aromatic hydroxyl groups is 1. The molecule has 3 aromatic rings. The van der Waals surface area contributed by atoms with Gasteiger partial charge in [0, 0.05) is 30.2 Å². The predicted octanol–water partition coefficient (Wildman–Crippen LogP) is 6.90. The van der Waals surface area contributed by atoms with Crippen LogP contribution in [-0.4, -0.2) is 26.1 Å². The fourth-order valence-electron chi connectivity index (χ4n) is 3.75. The van der Waals surface area contributed by atoms with E-state index in [1.165, 1.54) is 6.07 Å². The molecule has 0 spiro atoms. The summed E-state index contributed by atoms with van der Waals surface area (Å²) in [6.45, 7) is 9.77. The average Bonchev–Trinajstić information content (AvgIpc) is 3.14. The van der Waals surface area contributed by atoms with Gasteiger partial charge in [-0.1, -0.05) is 57.0 Å². The van der Waals surface area contributed by atoms with Crippen LogP contribution in [0.5, 0.6) is 5.75 Å². The topological polar surface area (TPSA) is 41.3 Å². The van der Waals surface area contributed by atoms with Crippen LogP contribution in [0, 0.1) is 11.7 Å². The molecule has 1 N–H and O–H groups in total. The molecule has 0 aliphatic carbocycles. The third kappa shape index (κ3) is 6.57. The Morgan fingerprint density at radius 2 is 1.97 bits per heavy atom. The van der Waals surface area contributed by atoms with Gasteiger partial charge in [-0.3, -0.25) is 4.90 Å². The third-order valence-electron chi connectivity index (χ3n) is 5.60. The minimum atomic E-state index is -0.255. The molecule has 2 aromatic carbocycles. The summed E-state index contributed by atoms with van der Waals surface area (Å²) in [6.07, 6.45) is 5.08. The second kappa shape index (κ2) is 11.5. The summed E-state index contributed by atoms with van der Waals surface area (Å²) < 4.78 is 16.1. The lowest BCUT2D eigenvalue weighted by atomic mass is 10.1. The van der Waals surface area contributed by atoms with E-state index in [0.717, 1.165) is 61.5 Å². The van der Waals surface area contributed by atoms with Crippen molar-refractivity contribution in [3.05, 3.63) is 70.8 Å². The first kappa shape index (κ1) is 24.3. The van der Waals surface area contributed by atoms with Crippen molar-refractivity contribution < 1.29 is 9.50 Å². The van der Waals surface area contributed by atoms with Crippen molar-refractivity contribution in [2.45, 2.75) is 59.7 Å². The Kier molecular flexibility index (Phi) is 8.71. The second-order valence-corrected chi connectivity index (χ2v) is 9.16. The number of rotatable bonds is 11. The van der Waals surface area contributed by atoms with Crippen molar-refractivity contribution in [3.63, 3.8) is 0 Å². The first-order valence-corrected chi connectivity index (χ1v) is 11.7. The quantitative estimate of drug-likeness (QED) is 0.340. The molecule has 0 atom stereocenters. The third-order valence-corrected chi connectivity index (χ3v) is 5.95. The van der Waals surface area contributed by atoms with E-state index >= 15 is 0 Å². The van der Waals surface area contributed by atoms with Gasteiger partial charge in [0.05, 0.1) is 11.9 Å². The molecule has 0 fully saturated rings. The van der Waals surface area contributed by atoms with Crippen molar-refractivity contribution in [1.82, 2.24) is 14.5 Å². The number of nitrogens with zero attached hydrogens (tertiary/aromatic N) is 3. The van der Waals surface area contributed by atoms with Crippen molar-refractivity contribution in [1.29, 1.82) is 0 Å². The summed E-state index contributed by atoms with van der Waals surface area (Å²) in [6, 6.07) is 11.8. The van der Waals surface area contributed by atoms with Crippen LogP contribution in [-0.2, 0) is 19.6 Å². The molecule has 1 aromatic heterocycles. The number of halogens is 2. The normalized spacial score (nSPS) is 11.6. The number of aromatic nitrogens is 2. The van der Waals surface area contributed by atoms with Gasteiger partial charge in [0.25, 0.3) is 0 Å². The fourth-order valence-corrected chi connectivity index (χ4v) is 3.98. The summed E-state index contributed by atoms with van der Waals surface area (Å²) in [7, 11) is 0. The summed E-state index contributed by atoms with van der Waals surface area (Å²) >= 11 is 6.40. The van der Waals surface area contributed by atoms with E-state index in [-0.39, 0.29) is 11.6 Å². The molecular weight excluding hydrogens is 425 g/mol. The second-order valence-electron chi connectivity index (χ2n) is 8.76. The fraction of sp³-hybridized carbons (Fsp3) is 0.423. The lowest BCUT2D eigenvalue weighted by Crippen LogP contribution is -2.26. The van der Waals surface area contributed by atoms with Gasteiger partial charge in [0.1, 0.15) is 17.4 Å². The van der Waals surface area contributed by atoms with Gasteiger partial charge in [-0.15, -0.1) is 0 Å². The predicted molar refractivity (Wildman–Crippen MR) is 129 cm³/mol. The van der Waals surface area contributed by atoms with E-state index in [4.69, 9.17) is 11.6 Å². The SMILES string of the molecule is CCCCn1c(CN(CCC(C)C)Cc2ccc(O)cc2Cl)cnc1-c1cccc(F)c1. The highest BCUT2D eigenvalue weighted by Gasteiger charge is 2.17. The molecule has 32 heavy (non-hydrogen) atoms. The molecule has 0 aliphatic heterocycles. The van der Waals surface area contributed by atoms with Gasteiger partial charge in [-0.2, -0.15) is 0 Å². The van der Waals surface area contributed by atoms with Crippen LogP contribution in [0.4, 0.5) is 4.39 Å². The van der Waals surface area contributed by atoms with E-state index in [1.807, 2.05) is 18.3 Å².